The van der Waals surface area contributed by atoms with Gasteiger partial charge in [-0.2, -0.15) is 0 Å². The van der Waals surface area contributed by atoms with E-state index in [1.807, 2.05) is 25.7 Å². The zero-order valence-electron chi connectivity index (χ0n) is 18.5. The molecule has 2 heterocycles. The maximum atomic E-state index is 12.6. The van der Waals surface area contributed by atoms with Gasteiger partial charge in [-0.05, 0) is 68.9 Å². The van der Waals surface area contributed by atoms with Gasteiger partial charge in [0.15, 0.2) is 0 Å². The average Bonchev–Trinajstić information content (AvgIpc) is 2.91. The molecule has 30 heavy (non-hydrogen) atoms. The monoisotopic (exact) mass is 408 g/mol. The van der Waals surface area contributed by atoms with Gasteiger partial charge >= 0.3 is 6.09 Å². The molecule has 2 aromatic carbocycles. The van der Waals surface area contributed by atoms with Gasteiger partial charge in [-0.1, -0.05) is 30.3 Å². The van der Waals surface area contributed by atoms with Gasteiger partial charge in [-0.25, -0.2) is 4.79 Å². The van der Waals surface area contributed by atoms with Crippen molar-refractivity contribution in [2.45, 2.75) is 52.7 Å². The fourth-order valence-electron chi connectivity index (χ4n) is 4.42. The highest BCUT2D eigenvalue weighted by molar-refractivity contribution is 5.71. The van der Waals surface area contributed by atoms with E-state index in [2.05, 4.69) is 48.2 Å². The number of ether oxygens (including phenoxy) is 2. The van der Waals surface area contributed by atoms with Crippen molar-refractivity contribution >= 4 is 11.8 Å². The summed E-state index contributed by atoms with van der Waals surface area (Å²) in [4.78, 5) is 16.9. The van der Waals surface area contributed by atoms with Crippen molar-refractivity contribution in [3.05, 3.63) is 58.7 Å². The molecule has 5 heteroatoms. The Labute approximate surface area is 179 Å². The van der Waals surface area contributed by atoms with Crippen molar-refractivity contribution in [2.75, 3.05) is 31.1 Å². The largest absolute Gasteiger partial charge is 0.490 e. The van der Waals surface area contributed by atoms with Crippen LogP contribution in [0.4, 0.5) is 10.5 Å². The molecule has 2 aliphatic heterocycles. The van der Waals surface area contributed by atoms with Gasteiger partial charge in [0.1, 0.15) is 18.0 Å². The maximum Gasteiger partial charge on any atom is 0.410 e. The van der Waals surface area contributed by atoms with Gasteiger partial charge in [-0.15, -0.1) is 0 Å². The van der Waals surface area contributed by atoms with Gasteiger partial charge in [0.2, 0.25) is 0 Å². The van der Waals surface area contributed by atoms with E-state index in [1.165, 1.54) is 27.9 Å². The van der Waals surface area contributed by atoms with Crippen molar-refractivity contribution in [2.24, 2.45) is 0 Å². The molecule has 0 radical (unpaired) electrons. The zero-order chi connectivity index (χ0) is 21.3. The number of benzene rings is 2. The highest BCUT2D eigenvalue weighted by atomic mass is 16.6. The second-order valence-electron chi connectivity index (χ2n) is 9.21. The molecule has 160 valence electrons. The van der Waals surface area contributed by atoms with Crippen LogP contribution in [0.3, 0.4) is 0 Å². The van der Waals surface area contributed by atoms with Crippen LogP contribution in [0.25, 0.3) is 0 Å². The standard InChI is InChI=1S/C25H32N2O3/c1-18-21-11-13-26(24(28)30-25(2,3)4)12-10-20(21)16-22-23(18)27(14-15-29-22)17-19-8-6-5-7-9-19/h5-9,16H,10-15,17H2,1-4H3. The van der Waals surface area contributed by atoms with Crippen molar-refractivity contribution in [1.82, 2.24) is 4.90 Å². The minimum Gasteiger partial charge on any atom is -0.490 e. The van der Waals surface area contributed by atoms with Crippen molar-refractivity contribution in [1.29, 1.82) is 0 Å². The third kappa shape index (κ3) is 4.40. The third-order valence-electron chi connectivity index (χ3n) is 5.82. The number of anilines is 1. The lowest BCUT2D eigenvalue weighted by Crippen LogP contribution is -2.38. The molecule has 0 unspecified atom stereocenters. The lowest BCUT2D eigenvalue weighted by molar-refractivity contribution is 0.0258. The van der Waals surface area contributed by atoms with Gasteiger partial charge in [-0.3, -0.25) is 0 Å². The van der Waals surface area contributed by atoms with Crippen molar-refractivity contribution < 1.29 is 14.3 Å². The molecule has 5 nitrogen and oxygen atoms in total. The highest BCUT2D eigenvalue weighted by Crippen LogP contribution is 2.40. The SMILES string of the molecule is Cc1c2c(cc3c1N(Cc1ccccc1)CCO3)CCN(C(=O)OC(C)(C)C)CC2. The molecule has 0 aliphatic carbocycles. The summed E-state index contributed by atoms with van der Waals surface area (Å²) in [6, 6.07) is 12.8. The molecule has 0 saturated heterocycles. The van der Waals surface area contributed by atoms with E-state index < -0.39 is 5.60 Å². The first kappa shape index (κ1) is 20.6. The lowest BCUT2D eigenvalue weighted by atomic mass is 9.94. The number of rotatable bonds is 2. The van der Waals surface area contributed by atoms with Crippen LogP contribution >= 0.6 is 0 Å². The van der Waals surface area contributed by atoms with Crippen LogP contribution in [0.1, 0.15) is 43.0 Å². The zero-order valence-corrected chi connectivity index (χ0v) is 18.5. The highest BCUT2D eigenvalue weighted by Gasteiger charge is 2.28. The topological polar surface area (TPSA) is 42.0 Å². The van der Waals surface area contributed by atoms with Crippen LogP contribution in [-0.4, -0.2) is 42.8 Å². The number of fused-ring (bicyclic) bond motifs is 2. The maximum absolute atomic E-state index is 12.6. The Morgan fingerprint density at radius 1 is 1.10 bits per heavy atom. The molecule has 0 bridgehead atoms. The molecule has 0 saturated carbocycles. The molecule has 1 amide bonds. The summed E-state index contributed by atoms with van der Waals surface area (Å²) in [5.74, 6) is 0.971. The molecule has 0 aromatic heterocycles. The summed E-state index contributed by atoms with van der Waals surface area (Å²) < 4.78 is 11.7. The van der Waals surface area contributed by atoms with Gasteiger partial charge in [0, 0.05) is 19.6 Å². The van der Waals surface area contributed by atoms with E-state index in [9.17, 15) is 4.79 Å². The van der Waals surface area contributed by atoms with Crippen LogP contribution in [0.5, 0.6) is 5.75 Å². The summed E-state index contributed by atoms with van der Waals surface area (Å²) in [6.45, 7) is 11.7. The number of amides is 1. The van der Waals surface area contributed by atoms with E-state index in [0.717, 1.165) is 31.7 Å². The molecule has 0 N–H and O–H groups in total. The Kier molecular flexibility index (Phi) is 5.63. The van der Waals surface area contributed by atoms with Crippen LogP contribution in [0.15, 0.2) is 36.4 Å². The Bertz CT molecular complexity index is 918. The van der Waals surface area contributed by atoms with E-state index in [1.54, 1.807) is 0 Å². The Hall–Kier alpha value is -2.69. The normalized spacial score (nSPS) is 16.3. The number of hydrogen-bond acceptors (Lipinski definition) is 4. The molecule has 0 atom stereocenters. The van der Waals surface area contributed by atoms with Gasteiger partial charge in [0.25, 0.3) is 0 Å². The first-order valence-corrected chi connectivity index (χ1v) is 10.9. The molecule has 2 aromatic rings. The molecular weight excluding hydrogens is 376 g/mol. The quantitative estimate of drug-likeness (QED) is 0.720. The fraction of sp³-hybridized carbons (Fsp3) is 0.480. The summed E-state index contributed by atoms with van der Waals surface area (Å²) in [5, 5.41) is 0. The molecule has 4 rings (SSSR count). The second kappa shape index (κ2) is 8.21. The molecule has 0 fully saturated rings. The second-order valence-corrected chi connectivity index (χ2v) is 9.21. The predicted octanol–water partition coefficient (Wildman–Crippen LogP) is 4.73. The summed E-state index contributed by atoms with van der Waals surface area (Å²) in [5.41, 5.74) is 5.95. The average molecular weight is 409 g/mol. The van der Waals surface area contributed by atoms with Crippen LogP contribution in [-0.2, 0) is 24.1 Å². The van der Waals surface area contributed by atoms with E-state index in [0.29, 0.717) is 19.7 Å². The predicted molar refractivity (Wildman–Crippen MR) is 119 cm³/mol. The lowest BCUT2D eigenvalue weighted by Gasteiger charge is -2.34. The first-order valence-electron chi connectivity index (χ1n) is 10.9. The third-order valence-corrected chi connectivity index (χ3v) is 5.82. The van der Waals surface area contributed by atoms with Crippen LogP contribution in [0.2, 0.25) is 0 Å². The van der Waals surface area contributed by atoms with Crippen molar-refractivity contribution in [3.8, 4) is 5.75 Å². The number of nitrogens with zero attached hydrogens (tertiary/aromatic N) is 2. The minimum absolute atomic E-state index is 0.223. The molecule has 0 spiro atoms. The summed E-state index contributed by atoms with van der Waals surface area (Å²) in [7, 11) is 0. The Balaban J connectivity index is 1.59. The number of carbonyl (C=O) groups excluding carboxylic acids is 1. The van der Waals surface area contributed by atoms with E-state index >= 15 is 0 Å². The first-order chi connectivity index (χ1) is 14.3. The summed E-state index contributed by atoms with van der Waals surface area (Å²) >= 11 is 0. The van der Waals surface area contributed by atoms with E-state index in [4.69, 9.17) is 9.47 Å². The summed E-state index contributed by atoms with van der Waals surface area (Å²) in [6.07, 6.45) is 1.44. The van der Waals surface area contributed by atoms with Gasteiger partial charge in [0.05, 0.1) is 12.2 Å². The van der Waals surface area contributed by atoms with Gasteiger partial charge < -0.3 is 19.3 Å². The number of carbonyl (C=O) groups is 1. The van der Waals surface area contributed by atoms with Crippen LogP contribution in [0, 0.1) is 6.92 Å². The molecule has 2 aliphatic rings. The van der Waals surface area contributed by atoms with Crippen LogP contribution < -0.4 is 9.64 Å². The Morgan fingerprint density at radius 3 is 2.57 bits per heavy atom. The van der Waals surface area contributed by atoms with Crippen molar-refractivity contribution in [3.63, 3.8) is 0 Å². The minimum atomic E-state index is -0.475. The molecular formula is C25H32N2O3. The number of hydrogen-bond donors (Lipinski definition) is 0. The fourth-order valence-corrected chi connectivity index (χ4v) is 4.42. The Morgan fingerprint density at radius 2 is 1.83 bits per heavy atom. The van der Waals surface area contributed by atoms with E-state index in [-0.39, 0.29) is 6.09 Å². The smallest absolute Gasteiger partial charge is 0.410 e.